The summed E-state index contributed by atoms with van der Waals surface area (Å²) >= 11 is 0. The van der Waals surface area contributed by atoms with Gasteiger partial charge in [-0.05, 0) is 19.9 Å². The van der Waals surface area contributed by atoms with Gasteiger partial charge < -0.3 is 4.74 Å². The van der Waals surface area contributed by atoms with Crippen LogP contribution in [-0.4, -0.2) is 12.6 Å². The van der Waals surface area contributed by atoms with Crippen LogP contribution in [0.4, 0.5) is 0 Å². The van der Waals surface area contributed by atoms with E-state index in [1.54, 1.807) is 19.9 Å². The molecule has 60 valence electrons. The van der Waals surface area contributed by atoms with Gasteiger partial charge in [0.05, 0.1) is 5.57 Å². The first-order valence-corrected chi connectivity index (χ1v) is 3.38. The molecule has 0 rings (SSSR count). The first-order chi connectivity index (χ1) is 5.22. The zero-order valence-corrected chi connectivity index (χ0v) is 6.89. The lowest BCUT2D eigenvalue weighted by atomic mass is 10.3. The van der Waals surface area contributed by atoms with Crippen molar-refractivity contribution in [3.8, 4) is 0 Å². The van der Waals surface area contributed by atoms with Gasteiger partial charge in [0.2, 0.25) is 0 Å². The molecule has 0 spiro atoms. The fourth-order valence-electron chi connectivity index (χ4n) is 0.518. The molecule has 0 bridgehead atoms. The Bertz CT molecular complexity index is 208. The van der Waals surface area contributed by atoms with Crippen molar-refractivity contribution < 1.29 is 9.53 Å². The van der Waals surface area contributed by atoms with E-state index < -0.39 is 0 Å². The first kappa shape index (κ1) is 9.73. The van der Waals surface area contributed by atoms with Crippen molar-refractivity contribution in [2.45, 2.75) is 13.8 Å². The van der Waals surface area contributed by atoms with Crippen molar-refractivity contribution in [2.24, 2.45) is 0 Å². The monoisotopic (exact) mass is 152 g/mol. The second kappa shape index (κ2) is 5.51. The molecule has 0 saturated heterocycles. The number of ether oxygens (including phenoxy) is 1. The van der Waals surface area contributed by atoms with E-state index in [2.05, 4.69) is 12.3 Å². The first-order valence-electron chi connectivity index (χ1n) is 3.38. The highest BCUT2D eigenvalue weighted by Gasteiger charge is 2.01. The second-order valence-corrected chi connectivity index (χ2v) is 1.95. The Balaban J connectivity index is 4.04. The van der Waals surface area contributed by atoms with Gasteiger partial charge in [-0.25, -0.2) is 4.79 Å². The van der Waals surface area contributed by atoms with Gasteiger partial charge in [0, 0.05) is 0 Å². The van der Waals surface area contributed by atoms with Crippen LogP contribution in [0.5, 0.6) is 0 Å². The van der Waals surface area contributed by atoms with Crippen LogP contribution < -0.4 is 0 Å². The largest absolute Gasteiger partial charge is 0.458 e. The SMILES string of the molecule is C=CCOC(=O)C(C)=C=CC. The minimum atomic E-state index is -0.344. The smallest absolute Gasteiger partial charge is 0.341 e. The molecule has 0 aromatic carbocycles. The standard InChI is InChI=1S/C9H12O2/c1-4-6-8(3)9(10)11-7-5-2/h4-5H,2,7H2,1,3H3. The Morgan fingerprint density at radius 1 is 1.73 bits per heavy atom. The van der Waals surface area contributed by atoms with E-state index in [4.69, 9.17) is 4.74 Å². The van der Waals surface area contributed by atoms with Gasteiger partial charge in [0.25, 0.3) is 0 Å². The summed E-state index contributed by atoms with van der Waals surface area (Å²) < 4.78 is 4.73. The average Bonchev–Trinajstić information content (AvgIpc) is 2.00. The van der Waals surface area contributed by atoms with Crippen molar-refractivity contribution in [3.05, 3.63) is 30.0 Å². The Labute approximate surface area is 66.9 Å². The molecule has 11 heavy (non-hydrogen) atoms. The summed E-state index contributed by atoms with van der Waals surface area (Å²) in [6.45, 7) is 7.13. The minimum Gasteiger partial charge on any atom is -0.458 e. The van der Waals surface area contributed by atoms with Crippen molar-refractivity contribution in [3.63, 3.8) is 0 Å². The summed E-state index contributed by atoms with van der Waals surface area (Å²) in [4.78, 5) is 10.9. The van der Waals surface area contributed by atoms with Gasteiger partial charge in [0.1, 0.15) is 6.61 Å². The number of rotatable bonds is 3. The molecule has 0 N–H and O–H groups in total. The number of esters is 1. The summed E-state index contributed by atoms with van der Waals surface area (Å²) in [5.41, 5.74) is 3.22. The maximum absolute atomic E-state index is 10.9. The molecule has 0 aliphatic carbocycles. The topological polar surface area (TPSA) is 26.3 Å². The molecule has 0 aromatic rings. The second-order valence-electron chi connectivity index (χ2n) is 1.95. The Kier molecular flexibility index (Phi) is 4.87. The van der Waals surface area contributed by atoms with E-state index in [9.17, 15) is 4.79 Å². The fourth-order valence-corrected chi connectivity index (χ4v) is 0.518. The molecule has 0 atom stereocenters. The van der Waals surface area contributed by atoms with Gasteiger partial charge in [0.15, 0.2) is 0 Å². The van der Waals surface area contributed by atoms with Crippen LogP contribution in [0.1, 0.15) is 13.8 Å². The van der Waals surface area contributed by atoms with Crippen LogP contribution >= 0.6 is 0 Å². The summed E-state index contributed by atoms with van der Waals surface area (Å²) in [6, 6.07) is 0. The van der Waals surface area contributed by atoms with Crippen LogP contribution in [0.15, 0.2) is 30.0 Å². The van der Waals surface area contributed by atoms with Crippen molar-refractivity contribution in [1.82, 2.24) is 0 Å². The Morgan fingerprint density at radius 2 is 2.36 bits per heavy atom. The lowest BCUT2D eigenvalue weighted by Crippen LogP contribution is -2.04. The minimum absolute atomic E-state index is 0.252. The maximum atomic E-state index is 10.9. The highest BCUT2D eigenvalue weighted by molar-refractivity contribution is 5.87. The van der Waals surface area contributed by atoms with E-state index >= 15 is 0 Å². The van der Waals surface area contributed by atoms with E-state index in [1.165, 1.54) is 6.08 Å². The number of hydrogen-bond donors (Lipinski definition) is 0. The van der Waals surface area contributed by atoms with Crippen LogP contribution in [0.3, 0.4) is 0 Å². The van der Waals surface area contributed by atoms with Crippen molar-refractivity contribution in [2.75, 3.05) is 6.61 Å². The van der Waals surface area contributed by atoms with Gasteiger partial charge >= 0.3 is 5.97 Å². The number of carbonyl (C=O) groups is 1. The molecule has 0 heterocycles. The zero-order valence-electron chi connectivity index (χ0n) is 6.89. The predicted octanol–water partition coefficient (Wildman–Crippen LogP) is 1.84. The van der Waals surface area contributed by atoms with E-state index in [-0.39, 0.29) is 12.6 Å². The summed E-state index contributed by atoms with van der Waals surface area (Å²) in [5.74, 6) is -0.344. The molecule has 0 saturated carbocycles. The average molecular weight is 152 g/mol. The quantitative estimate of drug-likeness (QED) is 0.267. The van der Waals surface area contributed by atoms with Gasteiger partial charge in [-0.2, -0.15) is 0 Å². The third-order valence-electron chi connectivity index (χ3n) is 0.999. The zero-order chi connectivity index (χ0) is 8.69. The molecule has 2 heteroatoms. The summed E-state index contributed by atoms with van der Waals surface area (Å²) in [5, 5.41) is 0. The Hall–Kier alpha value is -1.27. The Morgan fingerprint density at radius 3 is 2.82 bits per heavy atom. The highest BCUT2D eigenvalue weighted by Crippen LogP contribution is 1.93. The van der Waals surface area contributed by atoms with Crippen LogP contribution in [0.25, 0.3) is 0 Å². The summed E-state index contributed by atoms with van der Waals surface area (Å²) in [6.07, 6.45) is 3.20. The molecule has 0 unspecified atom stereocenters. The van der Waals surface area contributed by atoms with E-state index in [0.29, 0.717) is 5.57 Å². The molecule has 0 aliphatic heterocycles. The lowest BCUT2D eigenvalue weighted by molar-refractivity contribution is -0.137. The highest BCUT2D eigenvalue weighted by atomic mass is 16.5. The van der Waals surface area contributed by atoms with Gasteiger partial charge in [-0.1, -0.05) is 12.7 Å². The lowest BCUT2D eigenvalue weighted by Gasteiger charge is -1.97. The van der Waals surface area contributed by atoms with E-state index in [0.717, 1.165) is 0 Å². The van der Waals surface area contributed by atoms with Crippen LogP contribution in [0.2, 0.25) is 0 Å². The number of carbonyl (C=O) groups excluding carboxylic acids is 1. The summed E-state index contributed by atoms with van der Waals surface area (Å²) in [7, 11) is 0. The molecule has 0 aromatic heterocycles. The number of hydrogen-bond acceptors (Lipinski definition) is 2. The van der Waals surface area contributed by atoms with Crippen molar-refractivity contribution in [1.29, 1.82) is 0 Å². The van der Waals surface area contributed by atoms with E-state index in [1.807, 2.05) is 0 Å². The molecule has 0 aliphatic rings. The fraction of sp³-hybridized carbons (Fsp3) is 0.333. The molecule has 0 amide bonds. The predicted molar refractivity (Wildman–Crippen MR) is 44.1 cm³/mol. The molecular weight excluding hydrogens is 140 g/mol. The molecule has 0 fully saturated rings. The third kappa shape index (κ3) is 4.18. The normalized spacial score (nSPS) is 7.82. The molecular formula is C9H12O2. The van der Waals surface area contributed by atoms with Crippen molar-refractivity contribution >= 4 is 5.97 Å². The molecule has 0 radical (unpaired) electrons. The van der Waals surface area contributed by atoms with Gasteiger partial charge in [-0.3, -0.25) is 0 Å². The van der Waals surface area contributed by atoms with Gasteiger partial charge in [-0.15, -0.1) is 5.73 Å². The van der Waals surface area contributed by atoms with Crippen LogP contribution in [0, 0.1) is 0 Å². The third-order valence-corrected chi connectivity index (χ3v) is 0.999. The maximum Gasteiger partial charge on any atom is 0.341 e. The molecule has 2 nitrogen and oxygen atoms in total. The van der Waals surface area contributed by atoms with Crippen LogP contribution in [-0.2, 0) is 9.53 Å².